The molecule has 1 rings (SSSR count). The molecular weight excluding hydrogens is 165 g/mol. The Hall–Kier alpha value is -0.110. The molecule has 0 bridgehead atoms. The van der Waals surface area contributed by atoms with Crippen LogP contribution in [-0.4, -0.2) is 12.2 Å². The van der Waals surface area contributed by atoms with E-state index in [-0.39, 0.29) is 11.3 Å². The highest BCUT2D eigenvalue weighted by Crippen LogP contribution is 2.46. The van der Waals surface area contributed by atoms with Gasteiger partial charge < -0.3 is 5.73 Å². The van der Waals surface area contributed by atoms with Crippen molar-refractivity contribution in [1.82, 2.24) is 0 Å². The van der Waals surface area contributed by atoms with Gasteiger partial charge in [-0.05, 0) is 25.7 Å². The number of alkyl halides is 1. The van der Waals surface area contributed by atoms with Gasteiger partial charge in [0.2, 0.25) is 0 Å². The third-order valence-electron chi connectivity index (χ3n) is 3.96. The van der Waals surface area contributed by atoms with Crippen LogP contribution in [-0.2, 0) is 0 Å². The van der Waals surface area contributed by atoms with E-state index in [4.69, 9.17) is 5.73 Å². The van der Waals surface area contributed by atoms with Gasteiger partial charge >= 0.3 is 0 Å². The second-order valence-electron chi connectivity index (χ2n) is 5.14. The number of hydrogen-bond acceptors (Lipinski definition) is 1. The van der Waals surface area contributed by atoms with E-state index in [1.54, 1.807) is 6.92 Å². The van der Waals surface area contributed by atoms with Crippen molar-refractivity contribution in [3.8, 4) is 0 Å². The van der Waals surface area contributed by atoms with Gasteiger partial charge in [0, 0.05) is 12.0 Å². The molecule has 1 aliphatic rings. The second kappa shape index (κ2) is 3.56. The molecule has 0 aromatic rings. The molecule has 1 saturated carbocycles. The van der Waals surface area contributed by atoms with Gasteiger partial charge in [-0.3, -0.25) is 0 Å². The maximum atomic E-state index is 14.5. The molecule has 1 aliphatic carbocycles. The van der Waals surface area contributed by atoms with E-state index in [0.717, 1.165) is 12.8 Å². The standard InChI is InChI=1S/C11H22FN/c1-10(2,8-13)11(3,12)9-6-4-5-7-9/h9H,4-8,13H2,1-3H3. The van der Waals surface area contributed by atoms with Crippen molar-refractivity contribution in [1.29, 1.82) is 0 Å². The average Bonchev–Trinajstić information content (AvgIpc) is 2.56. The van der Waals surface area contributed by atoms with Crippen LogP contribution >= 0.6 is 0 Å². The topological polar surface area (TPSA) is 26.0 Å². The van der Waals surface area contributed by atoms with E-state index in [9.17, 15) is 4.39 Å². The molecule has 0 saturated heterocycles. The number of nitrogens with two attached hydrogens (primary N) is 1. The van der Waals surface area contributed by atoms with Gasteiger partial charge in [-0.2, -0.15) is 0 Å². The van der Waals surface area contributed by atoms with Crippen molar-refractivity contribution in [3.05, 3.63) is 0 Å². The first-order valence-corrected chi connectivity index (χ1v) is 5.31. The first-order chi connectivity index (χ1) is 5.92. The Morgan fingerprint density at radius 3 is 2.08 bits per heavy atom. The summed E-state index contributed by atoms with van der Waals surface area (Å²) in [5, 5.41) is 0. The smallest absolute Gasteiger partial charge is 0.117 e. The second-order valence-corrected chi connectivity index (χ2v) is 5.14. The van der Waals surface area contributed by atoms with Crippen LogP contribution in [0.25, 0.3) is 0 Å². The SMILES string of the molecule is CC(C)(CN)C(C)(F)C1CCCC1. The molecule has 0 radical (unpaired) electrons. The summed E-state index contributed by atoms with van der Waals surface area (Å²) in [5.74, 6) is 0.228. The molecule has 2 N–H and O–H groups in total. The Morgan fingerprint density at radius 1 is 1.23 bits per heavy atom. The quantitative estimate of drug-likeness (QED) is 0.722. The maximum absolute atomic E-state index is 14.5. The summed E-state index contributed by atoms with van der Waals surface area (Å²) in [6.45, 7) is 6.03. The Morgan fingerprint density at radius 2 is 1.69 bits per heavy atom. The Kier molecular flexibility index (Phi) is 3.01. The van der Waals surface area contributed by atoms with Crippen molar-refractivity contribution >= 4 is 0 Å². The third kappa shape index (κ3) is 1.88. The first kappa shape index (κ1) is 11.0. The van der Waals surface area contributed by atoms with E-state index in [2.05, 4.69) is 0 Å². The number of hydrogen-bond donors (Lipinski definition) is 1. The fourth-order valence-corrected chi connectivity index (χ4v) is 2.22. The van der Waals surface area contributed by atoms with E-state index in [1.807, 2.05) is 13.8 Å². The lowest BCUT2D eigenvalue weighted by Gasteiger charge is -2.41. The van der Waals surface area contributed by atoms with Crippen LogP contribution in [0.4, 0.5) is 4.39 Å². The summed E-state index contributed by atoms with van der Waals surface area (Å²) in [6, 6.07) is 0. The fraction of sp³-hybridized carbons (Fsp3) is 1.00. The Bertz CT molecular complexity index is 169. The van der Waals surface area contributed by atoms with Gasteiger partial charge in [-0.15, -0.1) is 0 Å². The van der Waals surface area contributed by atoms with Gasteiger partial charge in [-0.1, -0.05) is 26.7 Å². The molecule has 0 amide bonds. The zero-order valence-corrected chi connectivity index (χ0v) is 9.07. The molecule has 1 nitrogen and oxygen atoms in total. The largest absolute Gasteiger partial charge is 0.330 e. The maximum Gasteiger partial charge on any atom is 0.117 e. The minimum absolute atomic E-state index is 0.228. The monoisotopic (exact) mass is 187 g/mol. The molecule has 0 aliphatic heterocycles. The van der Waals surface area contributed by atoms with Gasteiger partial charge in [0.1, 0.15) is 5.67 Å². The van der Waals surface area contributed by atoms with Crippen LogP contribution < -0.4 is 5.73 Å². The normalized spacial score (nSPS) is 24.7. The molecule has 1 atom stereocenters. The van der Waals surface area contributed by atoms with Gasteiger partial charge in [-0.25, -0.2) is 4.39 Å². The summed E-state index contributed by atoms with van der Waals surface area (Å²) < 4.78 is 14.5. The molecule has 1 fully saturated rings. The van der Waals surface area contributed by atoms with Crippen molar-refractivity contribution in [2.45, 2.75) is 52.1 Å². The minimum Gasteiger partial charge on any atom is -0.330 e. The van der Waals surface area contributed by atoms with Crippen LogP contribution in [0.15, 0.2) is 0 Å². The first-order valence-electron chi connectivity index (χ1n) is 5.31. The highest BCUT2D eigenvalue weighted by Gasteiger charge is 2.47. The van der Waals surface area contributed by atoms with Gasteiger partial charge in [0.05, 0.1) is 0 Å². The van der Waals surface area contributed by atoms with Crippen molar-refractivity contribution < 1.29 is 4.39 Å². The van der Waals surface area contributed by atoms with Crippen molar-refractivity contribution in [2.75, 3.05) is 6.54 Å². The summed E-state index contributed by atoms with van der Waals surface area (Å²) >= 11 is 0. The zero-order valence-electron chi connectivity index (χ0n) is 9.07. The average molecular weight is 187 g/mol. The Balaban J connectivity index is 2.73. The Labute approximate surface area is 80.9 Å². The number of halogens is 1. The molecule has 1 unspecified atom stereocenters. The zero-order chi connectivity index (χ0) is 10.1. The summed E-state index contributed by atoms with van der Waals surface area (Å²) in [7, 11) is 0. The molecule has 78 valence electrons. The summed E-state index contributed by atoms with van der Waals surface area (Å²) in [5.41, 5.74) is 4.13. The predicted octanol–water partition coefficient (Wildman–Crippen LogP) is 2.89. The molecule has 0 heterocycles. The van der Waals surface area contributed by atoms with Crippen molar-refractivity contribution in [2.24, 2.45) is 17.1 Å². The molecule has 0 aromatic carbocycles. The molecular formula is C11H22FN. The highest BCUT2D eigenvalue weighted by atomic mass is 19.1. The van der Waals surface area contributed by atoms with E-state index in [1.165, 1.54) is 12.8 Å². The highest BCUT2D eigenvalue weighted by molar-refractivity contribution is 4.97. The molecule has 0 spiro atoms. The van der Waals surface area contributed by atoms with Crippen LogP contribution in [0, 0.1) is 11.3 Å². The molecule has 2 heteroatoms. The van der Waals surface area contributed by atoms with Crippen LogP contribution in [0.2, 0.25) is 0 Å². The summed E-state index contributed by atoms with van der Waals surface area (Å²) in [6.07, 6.45) is 4.45. The van der Waals surface area contributed by atoms with E-state index < -0.39 is 5.67 Å². The van der Waals surface area contributed by atoms with Gasteiger partial charge in [0.25, 0.3) is 0 Å². The van der Waals surface area contributed by atoms with Crippen LogP contribution in [0.5, 0.6) is 0 Å². The third-order valence-corrected chi connectivity index (χ3v) is 3.96. The van der Waals surface area contributed by atoms with Crippen LogP contribution in [0.3, 0.4) is 0 Å². The van der Waals surface area contributed by atoms with E-state index in [0.29, 0.717) is 6.54 Å². The van der Waals surface area contributed by atoms with Gasteiger partial charge in [0.15, 0.2) is 0 Å². The fourth-order valence-electron chi connectivity index (χ4n) is 2.22. The lowest BCUT2D eigenvalue weighted by molar-refractivity contribution is -0.0144. The molecule has 0 aromatic heterocycles. The number of rotatable bonds is 3. The van der Waals surface area contributed by atoms with Crippen molar-refractivity contribution in [3.63, 3.8) is 0 Å². The minimum atomic E-state index is -1.10. The summed E-state index contributed by atoms with van der Waals surface area (Å²) in [4.78, 5) is 0. The lowest BCUT2D eigenvalue weighted by atomic mass is 9.69. The van der Waals surface area contributed by atoms with E-state index >= 15 is 0 Å². The van der Waals surface area contributed by atoms with Crippen LogP contribution in [0.1, 0.15) is 46.5 Å². The molecule has 13 heavy (non-hydrogen) atoms. The predicted molar refractivity (Wildman–Crippen MR) is 54.3 cm³/mol. The lowest BCUT2D eigenvalue weighted by Crippen LogP contribution is -2.47.